The summed E-state index contributed by atoms with van der Waals surface area (Å²) in [5, 5.41) is 5.30. The number of likely N-dealkylation sites (tertiary alicyclic amines) is 1. The average molecular weight is 556 g/mol. The number of carbonyl (C=O) groups excluding carboxylic acids is 1. The third kappa shape index (κ3) is 5.09. The number of halogens is 4. The van der Waals surface area contributed by atoms with Crippen molar-refractivity contribution in [2.24, 2.45) is 0 Å². The highest BCUT2D eigenvalue weighted by Crippen LogP contribution is 2.50. The van der Waals surface area contributed by atoms with E-state index in [0.717, 1.165) is 31.9 Å². The van der Waals surface area contributed by atoms with Crippen LogP contribution in [0, 0.1) is 0 Å². The zero-order chi connectivity index (χ0) is 25.4. The molecule has 2 fully saturated rings. The van der Waals surface area contributed by atoms with Crippen molar-refractivity contribution in [1.82, 2.24) is 10.2 Å². The van der Waals surface area contributed by atoms with Crippen LogP contribution in [0.15, 0.2) is 40.9 Å². The van der Waals surface area contributed by atoms with Crippen molar-refractivity contribution < 1.29 is 27.4 Å². The van der Waals surface area contributed by atoms with E-state index < -0.39 is 17.8 Å². The van der Waals surface area contributed by atoms with Gasteiger partial charge in [-0.05, 0) is 75.2 Å². The lowest BCUT2D eigenvalue weighted by Crippen LogP contribution is -2.52. The van der Waals surface area contributed by atoms with E-state index in [1.54, 1.807) is 14.2 Å². The zero-order valence-electron chi connectivity index (χ0n) is 19.8. The molecule has 2 aromatic rings. The topological polar surface area (TPSA) is 62.8 Å². The first-order valence-corrected chi connectivity index (χ1v) is 12.2. The lowest BCUT2D eigenvalue weighted by Gasteiger charge is -2.45. The Balaban J connectivity index is 1.49. The molecular weight excluding hydrogens is 527 g/mol. The molecule has 2 amide bonds. The number of nitrogens with one attached hydrogen (secondary N) is 2. The van der Waals surface area contributed by atoms with E-state index in [1.165, 1.54) is 17.7 Å². The van der Waals surface area contributed by atoms with Gasteiger partial charge in [0.25, 0.3) is 0 Å². The molecule has 4 rings (SSSR count). The molecule has 1 heterocycles. The Bertz CT molecular complexity index is 1100. The number of nitrogens with zero attached hydrogens (tertiary/aromatic N) is 1. The van der Waals surface area contributed by atoms with Gasteiger partial charge < -0.3 is 25.0 Å². The van der Waals surface area contributed by atoms with Gasteiger partial charge in [-0.3, -0.25) is 0 Å². The Morgan fingerprint density at radius 1 is 1.11 bits per heavy atom. The largest absolute Gasteiger partial charge is 0.493 e. The summed E-state index contributed by atoms with van der Waals surface area (Å²) < 4.78 is 51.5. The van der Waals surface area contributed by atoms with E-state index in [4.69, 9.17) is 9.47 Å². The van der Waals surface area contributed by atoms with Crippen LogP contribution < -0.4 is 20.1 Å². The Kier molecular flexibility index (Phi) is 7.24. The first-order chi connectivity index (χ1) is 16.6. The van der Waals surface area contributed by atoms with Gasteiger partial charge in [0.15, 0.2) is 11.5 Å². The number of rotatable bonds is 5. The number of anilines is 1. The summed E-state index contributed by atoms with van der Waals surface area (Å²) >= 11 is 3.06. The number of hydrogen-bond donors (Lipinski definition) is 2. The van der Waals surface area contributed by atoms with Crippen LogP contribution in [0.25, 0.3) is 0 Å². The SMILES string of the molecule is COc1ccc([C@@]23CC[C@@H](NC(=O)Nc4ccc(Br)cc4C(F)(F)F)C[C@@H]2N(C)CC3)cc1OC. The minimum absolute atomic E-state index is 0.0852. The first-order valence-electron chi connectivity index (χ1n) is 11.4. The molecule has 2 aliphatic rings. The van der Waals surface area contributed by atoms with Crippen molar-refractivity contribution in [3.05, 3.63) is 52.0 Å². The molecule has 1 saturated heterocycles. The number of methoxy groups -OCH3 is 2. The summed E-state index contributed by atoms with van der Waals surface area (Å²) in [7, 11) is 5.30. The van der Waals surface area contributed by atoms with Gasteiger partial charge in [-0.2, -0.15) is 13.2 Å². The molecule has 1 aliphatic carbocycles. The quantitative estimate of drug-likeness (QED) is 0.489. The lowest BCUT2D eigenvalue weighted by molar-refractivity contribution is -0.136. The van der Waals surface area contributed by atoms with Crippen molar-refractivity contribution in [3.63, 3.8) is 0 Å². The summed E-state index contributed by atoms with van der Waals surface area (Å²) in [6.07, 6.45) is -1.34. The van der Waals surface area contributed by atoms with Crippen LogP contribution >= 0.6 is 15.9 Å². The summed E-state index contributed by atoms with van der Waals surface area (Å²) in [4.78, 5) is 15.0. The third-order valence-corrected chi connectivity index (χ3v) is 7.85. The molecular formula is C25H29BrF3N3O3. The van der Waals surface area contributed by atoms with Crippen LogP contribution in [0.4, 0.5) is 23.7 Å². The number of urea groups is 1. The summed E-state index contributed by atoms with van der Waals surface area (Å²) in [5.74, 6) is 1.36. The molecule has 35 heavy (non-hydrogen) atoms. The fourth-order valence-electron chi connectivity index (χ4n) is 5.60. The summed E-state index contributed by atoms with van der Waals surface area (Å²) in [5.41, 5.74) is -0.0737. The van der Waals surface area contributed by atoms with Gasteiger partial charge in [-0.25, -0.2) is 4.79 Å². The zero-order valence-corrected chi connectivity index (χ0v) is 21.4. The molecule has 10 heteroatoms. The Hall–Kier alpha value is -2.46. The number of fused-ring (bicyclic) bond motifs is 1. The molecule has 0 bridgehead atoms. The fraction of sp³-hybridized carbons (Fsp3) is 0.480. The van der Waals surface area contributed by atoms with Gasteiger partial charge in [-0.15, -0.1) is 0 Å². The van der Waals surface area contributed by atoms with Crippen LogP contribution in [0.3, 0.4) is 0 Å². The number of benzene rings is 2. The van der Waals surface area contributed by atoms with Crippen molar-refractivity contribution >= 4 is 27.6 Å². The van der Waals surface area contributed by atoms with E-state index in [0.29, 0.717) is 22.4 Å². The number of alkyl halides is 3. The fourth-order valence-corrected chi connectivity index (χ4v) is 5.96. The molecule has 0 aromatic heterocycles. The average Bonchev–Trinajstić information content (AvgIpc) is 3.16. The maximum Gasteiger partial charge on any atom is 0.418 e. The predicted molar refractivity (Wildman–Crippen MR) is 131 cm³/mol. The smallest absolute Gasteiger partial charge is 0.418 e. The normalized spacial score (nSPS) is 24.5. The molecule has 6 nitrogen and oxygen atoms in total. The van der Waals surface area contributed by atoms with Crippen LogP contribution in [-0.2, 0) is 11.6 Å². The maximum atomic E-state index is 13.4. The van der Waals surface area contributed by atoms with Gasteiger partial charge >= 0.3 is 12.2 Å². The molecule has 1 aliphatic heterocycles. The number of ether oxygens (including phenoxy) is 2. The van der Waals surface area contributed by atoms with Crippen LogP contribution in [0.1, 0.15) is 36.8 Å². The summed E-state index contributed by atoms with van der Waals surface area (Å²) in [6.45, 7) is 0.922. The van der Waals surface area contributed by atoms with Gasteiger partial charge in [0.1, 0.15) is 0 Å². The van der Waals surface area contributed by atoms with Crippen LogP contribution in [-0.4, -0.2) is 50.8 Å². The highest BCUT2D eigenvalue weighted by molar-refractivity contribution is 9.10. The van der Waals surface area contributed by atoms with Gasteiger partial charge in [0.05, 0.1) is 25.5 Å². The Morgan fingerprint density at radius 3 is 2.54 bits per heavy atom. The third-order valence-electron chi connectivity index (χ3n) is 7.36. The summed E-state index contributed by atoms with van der Waals surface area (Å²) in [6, 6.07) is 9.11. The van der Waals surface area contributed by atoms with Crippen molar-refractivity contribution in [2.45, 2.75) is 49.4 Å². The number of likely N-dealkylation sites (N-methyl/N-ethyl adjacent to an activating group) is 1. The van der Waals surface area contributed by atoms with E-state index in [-0.39, 0.29) is 23.2 Å². The van der Waals surface area contributed by atoms with Crippen LogP contribution in [0.5, 0.6) is 11.5 Å². The molecule has 0 radical (unpaired) electrons. The molecule has 2 aromatic carbocycles. The maximum absolute atomic E-state index is 13.4. The highest BCUT2D eigenvalue weighted by atomic mass is 79.9. The number of carbonyl (C=O) groups is 1. The van der Waals surface area contributed by atoms with E-state index in [1.807, 2.05) is 12.1 Å². The molecule has 190 valence electrons. The van der Waals surface area contributed by atoms with Crippen LogP contribution in [0.2, 0.25) is 0 Å². The minimum atomic E-state index is -4.58. The highest BCUT2D eigenvalue weighted by Gasteiger charge is 2.50. The predicted octanol–water partition coefficient (Wildman–Crippen LogP) is 5.80. The lowest BCUT2D eigenvalue weighted by atomic mass is 9.65. The molecule has 3 atom stereocenters. The second-order valence-electron chi connectivity index (χ2n) is 9.23. The molecule has 2 N–H and O–H groups in total. The first kappa shape index (κ1) is 25.6. The van der Waals surface area contributed by atoms with Crippen molar-refractivity contribution in [1.29, 1.82) is 0 Å². The standard InChI is InChI=1S/C25H29BrF3N3O3/c1-32-11-10-24(15-4-7-20(34-2)21(12-15)35-3)9-8-17(14-22(24)32)30-23(33)31-19-6-5-16(26)13-18(19)25(27,28)29/h4-7,12-13,17,22H,8-11,14H2,1-3H3,(H2,30,31,33)/t17-,22+,24+/m1/s1. The Labute approximate surface area is 211 Å². The van der Waals surface area contributed by atoms with E-state index in [9.17, 15) is 18.0 Å². The van der Waals surface area contributed by atoms with E-state index in [2.05, 4.69) is 44.6 Å². The van der Waals surface area contributed by atoms with Gasteiger partial charge in [0.2, 0.25) is 0 Å². The minimum Gasteiger partial charge on any atom is -0.493 e. The Morgan fingerprint density at radius 2 is 1.86 bits per heavy atom. The second-order valence-corrected chi connectivity index (χ2v) is 10.1. The van der Waals surface area contributed by atoms with Crippen molar-refractivity contribution in [2.75, 3.05) is 33.1 Å². The number of hydrogen-bond acceptors (Lipinski definition) is 4. The second kappa shape index (κ2) is 9.89. The van der Waals surface area contributed by atoms with E-state index >= 15 is 0 Å². The molecule has 0 spiro atoms. The molecule has 0 unspecified atom stereocenters. The van der Waals surface area contributed by atoms with Gasteiger partial charge in [-0.1, -0.05) is 22.0 Å². The molecule has 1 saturated carbocycles. The monoisotopic (exact) mass is 555 g/mol. The van der Waals surface area contributed by atoms with Gasteiger partial charge in [0, 0.05) is 22.0 Å². The number of amides is 2. The van der Waals surface area contributed by atoms with Crippen molar-refractivity contribution in [3.8, 4) is 11.5 Å².